The molecule has 8 nitrogen and oxygen atoms in total. The van der Waals surface area contributed by atoms with E-state index in [2.05, 4.69) is 9.71 Å². The zero-order valence-electron chi connectivity index (χ0n) is 17.7. The lowest BCUT2D eigenvalue weighted by Gasteiger charge is -2.27. The molecule has 1 heterocycles. The van der Waals surface area contributed by atoms with Gasteiger partial charge in [0.05, 0.1) is 10.4 Å². The Morgan fingerprint density at radius 3 is 2.50 bits per heavy atom. The van der Waals surface area contributed by atoms with Crippen LogP contribution in [0, 0.1) is 6.92 Å². The number of aromatic nitrogens is 1. The largest absolute Gasteiger partial charge is 0.489 e. The van der Waals surface area contributed by atoms with Crippen LogP contribution in [0.3, 0.4) is 0 Å². The van der Waals surface area contributed by atoms with Gasteiger partial charge in [0.1, 0.15) is 17.9 Å². The maximum Gasteiger partial charge on any atom is 0.264 e. The minimum atomic E-state index is -3.96. The molecule has 3 N–H and O–H groups in total. The van der Waals surface area contributed by atoms with Crippen molar-refractivity contribution in [2.75, 3.05) is 0 Å². The van der Waals surface area contributed by atoms with Crippen LogP contribution in [-0.2, 0) is 21.4 Å². The monoisotopic (exact) mass is 455 g/mol. The highest BCUT2D eigenvalue weighted by Gasteiger charge is 2.44. The van der Waals surface area contributed by atoms with E-state index in [1.807, 2.05) is 37.3 Å². The third-order valence-electron chi connectivity index (χ3n) is 5.78. The Balaban J connectivity index is 1.49. The Kier molecular flexibility index (Phi) is 6.14. The molecular weight excluding hydrogens is 430 g/mol. The number of nitrogens with zero attached hydrogens (tertiary/aromatic N) is 1. The second-order valence-electron chi connectivity index (χ2n) is 8.04. The zero-order chi connectivity index (χ0) is 22.8. The Hall–Kier alpha value is -3.01. The molecule has 0 spiro atoms. The number of sulfonamides is 1. The number of hydrogen-bond donors (Lipinski definition) is 3. The van der Waals surface area contributed by atoms with E-state index in [1.54, 1.807) is 17.6 Å². The third-order valence-corrected chi connectivity index (χ3v) is 7.33. The number of ether oxygens (including phenoxy) is 1. The molecule has 1 amide bonds. The summed E-state index contributed by atoms with van der Waals surface area (Å²) in [6.45, 7) is 2.24. The minimum Gasteiger partial charge on any atom is -0.489 e. The highest BCUT2D eigenvalue weighted by atomic mass is 32.2. The molecule has 0 atom stereocenters. The molecule has 0 radical (unpaired) electrons. The fourth-order valence-corrected chi connectivity index (χ4v) is 5.59. The van der Waals surface area contributed by atoms with E-state index in [4.69, 9.17) is 9.94 Å². The number of aryl methyl sites for hydroxylation is 1. The number of nitrogens with one attached hydrogen (secondary N) is 2. The topological polar surface area (TPSA) is 118 Å². The molecule has 0 aliphatic heterocycles. The highest BCUT2D eigenvalue weighted by molar-refractivity contribution is 7.89. The maximum atomic E-state index is 12.9. The van der Waals surface area contributed by atoms with Crippen LogP contribution in [0.4, 0.5) is 0 Å². The highest BCUT2D eigenvalue weighted by Crippen LogP contribution is 2.32. The first-order valence-corrected chi connectivity index (χ1v) is 11.9. The summed E-state index contributed by atoms with van der Waals surface area (Å²) in [5.74, 6) is -0.218. The number of fused-ring (bicyclic) bond motifs is 1. The van der Waals surface area contributed by atoms with Gasteiger partial charge in [-0.15, -0.1) is 0 Å². The lowest BCUT2D eigenvalue weighted by molar-refractivity contribution is -0.135. The molecule has 2 aromatic carbocycles. The van der Waals surface area contributed by atoms with Crippen LogP contribution in [0.2, 0.25) is 0 Å². The van der Waals surface area contributed by atoms with E-state index in [0.717, 1.165) is 22.2 Å². The summed E-state index contributed by atoms with van der Waals surface area (Å²) >= 11 is 0. The van der Waals surface area contributed by atoms with Crippen molar-refractivity contribution < 1.29 is 23.2 Å². The first kappa shape index (κ1) is 22.2. The molecule has 1 aliphatic carbocycles. The van der Waals surface area contributed by atoms with E-state index >= 15 is 0 Å². The number of pyridine rings is 1. The summed E-state index contributed by atoms with van der Waals surface area (Å²) in [4.78, 5) is 16.7. The predicted octanol–water partition coefficient (Wildman–Crippen LogP) is 3.22. The first-order valence-electron chi connectivity index (χ1n) is 10.4. The number of hydrogen-bond acceptors (Lipinski definition) is 6. The predicted molar refractivity (Wildman–Crippen MR) is 119 cm³/mol. The molecular formula is C23H25N3O5S. The molecule has 0 bridgehead atoms. The van der Waals surface area contributed by atoms with Crippen LogP contribution in [0.1, 0.15) is 36.9 Å². The van der Waals surface area contributed by atoms with E-state index in [0.29, 0.717) is 38.0 Å². The first-order chi connectivity index (χ1) is 15.3. The van der Waals surface area contributed by atoms with Crippen LogP contribution < -0.4 is 14.9 Å². The molecule has 0 saturated heterocycles. The molecule has 4 rings (SSSR count). The van der Waals surface area contributed by atoms with Crippen molar-refractivity contribution in [2.45, 2.75) is 49.6 Å². The molecule has 0 unspecified atom stereocenters. The third kappa shape index (κ3) is 4.45. The minimum absolute atomic E-state index is 0.0204. The van der Waals surface area contributed by atoms with E-state index in [-0.39, 0.29) is 4.90 Å². The van der Waals surface area contributed by atoms with Crippen molar-refractivity contribution >= 4 is 26.8 Å². The van der Waals surface area contributed by atoms with Gasteiger partial charge in [-0.2, -0.15) is 4.72 Å². The van der Waals surface area contributed by atoms with Gasteiger partial charge >= 0.3 is 0 Å². The quantitative estimate of drug-likeness (QED) is 0.372. The van der Waals surface area contributed by atoms with Crippen LogP contribution >= 0.6 is 0 Å². The van der Waals surface area contributed by atoms with Crippen molar-refractivity contribution in [1.29, 1.82) is 0 Å². The number of amides is 1. The number of hydroxylamine groups is 1. The summed E-state index contributed by atoms with van der Waals surface area (Å²) in [7, 11) is -3.96. The van der Waals surface area contributed by atoms with E-state index in [1.165, 1.54) is 12.1 Å². The smallest absolute Gasteiger partial charge is 0.264 e. The number of carbonyl (C=O) groups excluding carboxylic acids is 1. The number of para-hydroxylation sites is 1. The number of carbonyl (C=O) groups is 1. The van der Waals surface area contributed by atoms with Crippen LogP contribution in [0.25, 0.3) is 10.9 Å². The second kappa shape index (κ2) is 8.85. The maximum absolute atomic E-state index is 12.9. The van der Waals surface area contributed by atoms with E-state index < -0.39 is 21.5 Å². The SMILES string of the molecule is Cc1cc(COc2ccc(S(=O)(=O)NC3(C(=O)NO)CCCC3)cc2)c2ccccc2n1. The molecule has 1 aliphatic rings. The summed E-state index contributed by atoms with van der Waals surface area (Å²) in [6, 6.07) is 15.8. The van der Waals surface area contributed by atoms with Crippen molar-refractivity contribution in [3.8, 4) is 5.75 Å². The molecule has 32 heavy (non-hydrogen) atoms. The van der Waals surface area contributed by atoms with E-state index in [9.17, 15) is 13.2 Å². The lowest BCUT2D eigenvalue weighted by atomic mass is 9.99. The fraction of sp³-hybridized carbons (Fsp3) is 0.304. The standard InChI is InChI=1S/C23H25N3O5S/c1-16-14-17(20-6-2-3-7-21(20)24-16)15-31-18-8-10-19(11-9-18)32(29,30)26-23(22(27)25-28)12-4-5-13-23/h2-3,6-11,14,26,28H,4-5,12-13,15H2,1H3,(H,25,27). The number of rotatable bonds is 7. The summed E-state index contributed by atoms with van der Waals surface area (Å²) in [5, 5.41) is 10.1. The van der Waals surface area contributed by atoms with Crippen LogP contribution in [0.5, 0.6) is 5.75 Å². The zero-order valence-corrected chi connectivity index (χ0v) is 18.5. The summed E-state index contributed by atoms with van der Waals surface area (Å²) < 4.78 is 34.1. The van der Waals surface area contributed by atoms with Gasteiger partial charge in [0.25, 0.3) is 5.91 Å². The van der Waals surface area contributed by atoms with Crippen molar-refractivity contribution in [3.05, 3.63) is 65.9 Å². The average molecular weight is 456 g/mol. The van der Waals surface area contributed by atoms with Crippen molar-refractivity contribution in [1.82, 2.24) is 15.2 Å². The Morgan fingerprint density at radius 1 is 1.12 bits per heavy atom. The van der Waals surface area contributed by atoms with Crippen LogP contribution in [-0.4, -0.2) is 30.1 Å². The molecule has 168 valence electrons. The van der Waals surface area contributed by atoms with Gasteiger partial charge in [0.15, 0.2) is 0 Å². The molecule has 1 fully saturated rings. The van der Waals surface area contributed by atoms with Crippen molar-refractivity contribution in [3.63, 3.8) is 0 Å². The van der Waals surface area contributed by atoms with Crippen molar-refractivity contribution in [2.24, 2.45) is 0 Å². The normalized spacial score (nSPS) is 15.6. The Labute approximate surface area is 186 Å². The Bertz CT molecular complexity index is 1240. The summed E-state index contributed by atoms with van der Waals surface area (Å²) in [6.07, 6.45) is 2.07. The Morgan fingerprint density at radius 2 is 1.81 bits per heavy atom. The van der Waals surface area contributed by atoms with Gasteiger partial charge in [0.2, 0.25) is 10.0 Å². The van der Waals surface area contributed by atoms with Gasteiger partial charge in [-0.05, 0) is 56.2 Å². The second-order valence-corrected chi connectivity index (χ2v) is 9.72. The molecule has 1 saturated carbocycles. The van der Waals surface area contributed by atoms with Gasteiger partial charge in [-0.3, -0.25) is 15.0 Å². The van der Waals surface area contributed by atoms with Gasteiger partial charge in [0, 0.05) is 16.6 Å². The van der Waals surface area contributed by atoms with Gasteiger partial charge in [-0.25, -0.2) is 13.9 Å². The lowest BCUT2D eigenvalue weighted by Crippen LogP contribution is -2.56. The average Bonchev–Trinajstić information content (AvgIpc) is 3.26. The summed E-state index contributed by atoms with van der Waals surface area (Å²) in [5.41, 5.74) is 3.04. The van der Waals surface area contributed by atoms with Crippen LogP contribution in [0.15, 0.2) is 59.5 Å². The van der Waals surface area contributed by atoms with Gasteiger partial charge in [-0.1, -0.05) is 31.0 Å². The molecule has 9 heteroatoms. The molecule has 1 aromatic heterocycles. The number of benzene rings is 2. The molecule has 3 aromatic rings. The van der Waals surface area contributed by atoms with Gasteiger partial charge < -0.3 is 4.74 Å². The fourth-order valence-electron chi connectivity index (χ4n) is 4.17.